The van der Waals surface area contributed by atoms with Gasteiger partial charge < -0.3 is 24.3 Å². The molecule has 0 N–H and O–H groups in total. The first-order valence-corrected chi connectivity index (χ1v) is 35.1. The molecule has 0 saturated heterocycles. The number of allylic oxidation sites excluding steroid dienone is 12. The first-order chi connectivity index (χ1) is 46.1. The molecule has 5 aliphatic carbocycles. The molecule has 8 heteroatoms. The summed E-state index contributed by atoms with van der Waals surface area (Å²) in [6.45, 7) is 2.70. The van der Waals surface area contributed by atoms with E-state index in [9.17, 15) is 0 Å². The van der Waals surface area contributed by atoms with Gasteiger partial charge in [0.2, 0.25) is 13.4 Å². The molecule has 9 aliphatic rings. The van der Waals surface area contributed by atoms with Gasteiger partial charge in [0.15, 0.2) is 0 Å². The van der Waals surface area contributed by atoms with Crippen LogP contribution in [0.4, 0.5) is 45.5 Å². The van der Waals surface area contributed by atoms with Crippen molar-refractivity contribution in [2.24, 2.45) is 0 Å². The molecule has 93 heavy (non-hydrogen) atoms. The van der Waals surface area contributed by atoms with E-state index in [1.807, 2.05) is 0 Å². The van der Waals surface area contributed by atoms with Gasteiger partial charge in [0.25, 0.3) is 0 Å². The SMILES string of the molecule is Cc1cccc(-c2ccccc2)c1N1c2cc(N(c3ccccc3)c3ccccc3)cc3c2B(c2ccccc2O3)C2CC3B4C5=C(CCC=C5)N(C5C=CCCC5)c5cc(N(C6=CCC(c7ccccc7)C=C6)c6ccccc6C6=CCCC=C6)cc(c54)SC3CC21. The van der Waals surface area contributed by atoms with E-state index in [2.05, 4.69) is 311 Å². The smallest absolute Gasteiger partial charge is 0.226 e. The average Bonchev–Trinajstić information content (AvgIpc) is 0.700. The monoisotopic (exact) mass is 1220 g/mol. The van der Waals surface area contributed by atoms with Crippen LogP contribution in [-0.2, 0) is 0 Å². The van der Waals surface area contributed by atoms with Crippen LogP contribution >= 0.6 is 11.8 Å². The van der Waals surface area contributed by atoms with E-state index in [0.29, 0.717) is 17.0 Å². The van der Waals surface area contributed by atoms with E-state index in [-0.39, 0.29) is 31.3 Å². The van der Waals surface area contributed by atoms with Crippen molar-refractivity contribution in [3.63, 3.8) is 0 Å². The molecular formula is C85H74B2N4OS. The van der Waals surface area contributed by atoms with E-state index < -0.39 is 0 Å². The number of aryl methyl sites for hydroxylation is 1. The van der Waals surface area contributed by atoms with Crippen molar-refractivity contribution in [3.8, 4) is 22.6 Å². The summed E-state index contributed by atoms with van der Waals surface area (Å²) in [7, 11) is 0. The van der Waals surface area contributed by atoms with Gasteiger partial charge >= 0.3 is 0 Å². The van der Waals surface area contributed by atoms with Crippen LogP contribution in [0.15, 0.2) is 295 Å². The third-order valence-electron chi connectivity index (χ3n) is 21.8. The van der Waals surface area contributed by atoms with E-state index in [1.54, 1.807) is 16.6 Å². The average molecular weight is 1220 g/mol. The number of ether oxygens (including phenoxy) is 1. The minimum Gasteiger partial charge on any atom is -0.458 e. The second kappa shape index (κ2) is 23.6. The fraction of sp³-hybridized carbons (Fsp3) is 0.200. The van der Waals surface area contributed by atoms with Gasteiger partial charge in [0, 0.05) is 79.1 Å². The molecule has 0 bridgehead atoms. The summed E-state index contributed by atoms with van der Waals surface area (Å²) >= 11 is 2.22. The maximum atomic E-state index is 7.43. The number of thioether (sulfide) groups is 1. The molecule has 5 nitrogen and oxygen atoms in total. The summed E-state index contributed by atoms with van der Waals surface area (Å²) < 4.78 is 7.43. The van der Waals surface area contributed by atoms with Crippen LogP contribution in [0.5, 0.6) is 11.5 Å². The summed E-state index contributed by atoms with van der Waals surface area (Å²) in [5, 5.41) is 0.312. The Balaban J connectivity index is 0.856. The highest BCUT2D eigenvalue weighted by molar-refractivity contribution is 8.00. The Morgan fingerprint density at radius 1 is 0.538 bits per heavy atom. The van der Waals surface area contributed by atoms with Crippen molar-refractivity contribution in [2.45, 2.75) is 111 Å². The quantitative estimate of drug-likeness (QED) is 0.0944. The Labute approximate surface area is 553 Å². The van der Waals surface area contributed by atoms with Crippen LogP contribution < -0.4 is 40.7 Å². The number of nitrogens with zero attached hydrogens (tertiary/aromatic N) is 4. The highest BCUT2D eigenvalue weighted by atomic mass is 32.2. The molecular weight excluding hydrogens is 1150 g/mol. The summed E-state index contributed by atoms with van der Waals surface area (Å²) in [6, 6.07) is 80.1. The van der Waals surface area contributed by atoms with Crippen LogP contribution in [0.1, 0.15) is 86.8 Å². The zero-order chi connectivity index (χ0) is 61.5. The van der Waals surface area contributed by atoms with E-state index in [0.717, 1.165) is 86.3 Å². The second-order valence-corrected chi connectivity index (χ2v) is 28.2. The minimum atomic E-state index is 0.111. The van der Waals surface area contributed by atoms with E-state index in [4.69, 9.17) is 4.74 Å². The van der Waals surface area contributed by atoms with Crippen molar-refractivity contribution in [1.29, 1.82) is 0 Å². The van der Waals surface area contributed by atoms with Gasteiger partial charge in [0.05, 0.1) is 23.1 Å². The van der Waals surface area contributed by atoms with Crippen LogP contribution in [-0.4, -0.2) is 30.8 Å². The number of fused-ring (bicyclic) bond motifs is 7. The summed E-state index contributed by atoms with van der Waals surface area (Å²) in [6.07, 6.45) is 35.5. The number of anilines is 8. The van der Waals surface area contributed by atoms with E-state index >= 15 is 0 Å². The first-order valence-electron chi connectivity index (χ1n) is 34.3. The predicted octanol–water partition coefficient (Wildman–Crippen LogP) is 20.3. The Hall–Kier alpha value is -9.36. The molecule has 6 unspecified atom stereocenters. The lowest BCUT2D eigenvalue weighted by atomic mass is 9.23. The minimum absolute atomic E-state index is 0.111. The van der Waals surface area contributed by atoms with Crippen LogP contribution in [0, 0.1) is 6.92 Å². The van der Waals surface area contributed by atoms with Crippen LogP contribution in [0.2, 0.25) is 11.6 Å². The third kappa shape index (κ3) is 9.68. The fourth-order valence-electron chi connectivity index (χ4n) is 17.8. The van der Waals surface area contributed by atoms with Gasteiger partial charge in [0.1, 0.15) is 11.5 Å². The molecule has 0 amide bonds. The van der Waals surface area contributed by atoms with Gasteiger partial charge in [-0.25, -0.2) is 0 Å². The molecule has 4 aliphatic heterocycles. The molecule has 452 valence electrons. The van der Waals surface area contributed by atoms with Crippen molar-refractivity contribution < 1.29 is 4.74 Å². The van der Waals surface area contributed by atoms with Crippen molar-refractivity contribution in [1.82, 2.24) is 0 Å². The fourth-order valence-corrected chi connectivity index (χ4v) is 19.5. The summed E-state index contributed by atoms with van der Waals surface area (Å²) in [5.41, 5.74) is 25.9. The molecule has 1 saturated carbocycles. The molecule has 0 aromatic heterocycles. The van der Waals surface area contributed by atoms with E-state index in [1.165, 1.54) is 89.8 Å². The molecule has 0 spiro atoms. The van der Waals surface area contributed by atoms with Gasteiger partial charge in [-0.05, 0) is 176 Å². The van der Waals surface area contributed by atoms with Gasteiger partial charge in [-0.15, -0.1) is 11.8 Å². The molecule has 0 radical (unpaired) electrons. The zero-order valence-electron chi connectivity index (χ0n) is 52.8. The lowest BCUT2D eigenvalue weighted by Crippen LogP contribution is -2.65. The van der Waals surface area contributed by atoms with Crippen LogP contribution in [0.3, 0.4) is 0 Å². The summed E-state index contributed by atoms with van der Waals surface area (Å²) in [4.78, 5) is 12.3. The second-order valence-electron chi connectivity index (χ2n) is 27.0. The molecule has 1 fully saturated rings. The lowest BCUT2D eigenvalue weighted by Gasteiger charge is -2.57. The Kier molecular flexibility index (Phi) is 14.3. The third-order valence-corrected chi connectivity index (χ3v) is 23.2. The van der Waals surface area contributed by atoms with Crippen molar-refractivity contribution in [2.75, 3.05) is 19.6 Å². The maximum Gasteiger partial charge on any atom is 0.226 e. The van der Waals surface area contributed by atoms with Gasteiger partial charge in [-0.1, -0.05) is 218 Å². The topological polar surface area (TPSA) is 22.2 Å². The lowest BCUT2D eigenvalue weighted by molar-refractivity contribution is 0.428. The molecule has 6 atom stereocenters. The number of para-hydroxylation sites is 5. The van der Waals surface area contributed by atoms with Gasteiger partial charge in [-0.3, -0.25) is 0 Å². The molecule has 4 heterocycles. The normalized spacial score (nSPS) is 21.9. The largest absolute Gasteiger partial charge is 0.458 e. The predicted molar refractivity (Wildman–Crippen MR) is 394 cm³/mol. The Bertz CT molecular complexity index is 4590. The Morgan fingerprint density at radius 3 is 2.02 bits per heavy atom. The maximum absolute atomic E-state index is 7.43. The molecule has 18 rings (SSSR count). The van der Waals surface area contributed by atoms with Crippen LogP contribution in [0.25, 0.3) is 16.7 Å². The Morgan fingerprint density at radius 2 is 1.26 bits per heavy atom. The van der Waals surface area contributed by atoms with Gasteiger partial charge in [-0.2, -0.15) is 0 Å². The number of rotatable bonds is 11. The standard InChI is InChI=1S/C85H74B2N4OS/c1-57-27-26-41-69(61-32-12-4-13-33-61)85(57)91-76-56-81-73(55-72(76)87-71-43-22-25-46-79(71)92-80-53-66(51-77(91)83(80)87)88(62-34-14-5-15-35-62)63-36-16-6-17-37-63)86-70-42-21-24-45-75(70)90(64-38-18-7-19-39-64)78-52-67(54-82(93-81)84(78)86)89(65-49-47-59(48-50-65)58-28-8-2-9-29-58)74-44-23-20-40-68(74)60-30-10-3-11-31-60/h2,4-6,8-10,12-18,20-23,25-38,40-44,46-47,49-54,59,64,72-73,76,81H,3,7,11,19,24,39,45,48,55-56H2,1H3. The number of hydrogen-bond acceptors (Lipinski definition) is 6. The number of hydrogen-bond donors (Lipinski definition) is 0. The highest BCUT2D eigenvalue weighted by Gasteiger charge is 2.58. The van der Waals surface area contributed by atoms with Crippen molar-refractivity contribution >= 4 is 92.6 Å². The highest BCUT2D eigenvalue weighted by Crippen LogP contribution is 2.61. The van der Waals surface area contributed by atoms with Crippen molar-refractivity contribution in [3.05, 3.63) is 307 Å². The number of benzene rings is 9. The zero-order valence-corrected chi connectivity index (χ0v) is 53.6. The molecule has 9 aromatic rings. The molecule has 9 aromatic carbocycles. The summed E-state index contributed by atoms with van der Waals surface area (Å²) in [5.74, 6) is 2.89. The first kappa shape index (κ1) is 56.4.